The smallest absolute Gasteiger partial charge is 0.286 e. The molecule has 0 unspecified atom stereocenters. The highest BCUT2D eigenvalue weighted by Crippen LogP contribution is 2.35. The van der Waals surface area contributed by atoms with Crippen molar-refractivity contribution in [3.8, 4) is 29.6 Å². The van der Waals surface area contributed by atoms with E-state index in [4.69, 9.17) is 20.6 Å². The zero-order valence-corrected chi connectivity index (χ0v) is 15.2. The van der Waals surface area contributed by atoms with Crippen molar-refractivity contribution >= 4 is 27.5 Å². The van der Waals surface area contributed by atoms with Gasteiger partial charge in [0.05, 0.1) is 16.8 Å². The minimum Gasteiger partial charge on any atom is -0.486 e. The summed E-state index contributed by atoms with van der Waals surface area (Å²) in [5.41, 5.74) is 0.859. The van der Waals surface area contributed by atoms with E-state index in [1.165, 1.54) is 11.3 Å². The lowest BCUT2D eigenvalue weighted by molar-refractivity contribution is -0.120. The van der Waals surface area contributed by atoms with Crippen LogP contribution >= 0.6 is 11.3 Å². The molecular weight excluding hydrogens is 364 g/mol. The second-order valence-corrected chi connectivity index (χ2v) is 6.75. The first-order valence-corrected chi connectivity index (χ1v) is 9.18. The molecule has 0 saturated carbocycles. The standard InChI is InChI=1S/C20H16N2O4S/c1-2-8-22-15-11-16-17(25-10-9-24-16)12-18(15)27-20(22)21-19(23)13-26-14-6-4-3-5-7-14/h1,3-7,11-12H,8-10,13H2. The number of fused-ring (bicyclic) bond motifs is 2. The fourth-order valence-corrected chi connectivity index (χ4v) is 3.79. The summed E-state index contributed by atoms with van der Waals surface area (Å²) in [6.07, 6.45) is 5.51. The molecule has 0 fully saturated rings. The van der Waals surface area contributed by atoms with Gasteiger partial charge in [-0.3, -0.25) is 4.79 Å². The molecule has 2 aromatic carbocycles. The molecule has 0 radical (unpaired) electrons. The Hall–Kier alpha value is -3.24. The Morgan fingerprint density at radius 2 is 1.96 bits per heavy atom. The van der Waals surface area contributed by atoms with Gasteiger partial charge in [0.25, 0.3) is 5.91 Å². The van der Waals surface area contributed by atoms with Crippen molar-refractivity contribution in [1.82, 2.24) is 4.57 Å². The molecule has 27 heavy (non-hydrogen) atoms. The van der Waals surface area contributed by atoms with Gasteiger partial charge in [-0.2, -0.15) is 4.99 Å². The average Bonchev–Trinajstić information content (AvgIpc) is 3.02. The number of benzene rings is 2. The predicted octanol–water partition coefficient (Wildman–Crippen LogP) is 2.61. The molecule has 7 heteroatoms. The van der Waals surface area contributed by atoms with Crippen molar-refractivity contribution in [1.29, 1.82) is 0 Å². The molecule has 0 aliphatic carbocycles. The predicted molar refractivity (Wildman–Crippen MR) is 102 cm³/mol. The Labute approximate surface area is 159 Å². The fraction of sp³-hybridized carbons (Fsp3) is 0.200. The van der Waals surface area contributed by atoms with Crippen LogP contribution in [-0.2, 0) is 11.3 Å². The molecule has 6 nitrogen and oxygen atoms in total. The number of rotatable bonds is 4. The summed E-state index contributed by atoms with van der Waals surface area (Å²) < 4.78 is 19.5. The molecule has 3 aromatic rings. The van der Waals surface area contributed by atoms with E-state index in [1.807, 2.05) is 34.9 Å². The number of hydrogen-bond donors (Lipinski definition) is 0. The Bertz CT molecular complexity index is 1090. The number of carbonyl (C=O) groups is 1. The molecule has 136 valence electrons. The first kappa shape index (κ1) is 17.2. The zero-order valence-electron chi connectivity index (χ0n) is 14.4. The van der Waals surface area contributed by atoms with Gasteiger partial charge in [-0.25, -0.2) is 0 Å². The number of aromatic nitrogens is 1. The van der Waals surface area contributed by atoms with E-state index in [0.717, 1.165) is 10.2 Å². The first-order valence-electron chi connectivity index (χ1n) is 8.36. The molecule has 1 aliphatic heterocycles. The number of thiazole rings is 1. The lowest BCUT2D eigenvalue weighted by Crippen LogP contribution is -2.19. The van der Waals surface area contributed by atoms with Crippen LogP contribution in [-0.4, -0.2) is 30.3 Å². The summed E-state index contributed by atoms with van der Waals surface area (Å²) >= 11 is 1.38. The SMILES string of the molecule is C#CCn1c(=NC(=O)COc2ccccc2)sc2cc3c(cc21)OCCO3. The summed E-state index contributed by atoms with van der Waals surface area (Å²) in [4.78, 5) is 17.0. The first-order chi connectivity index (χ1) is 13.2. The van der Waals surface area contributed by atoms with Crippen molar-refractivity contribution in [3.05, 3.63) is 47.3 Å². The number of amides is 1. The Kier molecular flexibility index (Phi) is 4.81. The third kappa shape index (κ3) is 3.66. The lowest BCUT2D eigenvalue weighted by Gasteiger charge is -2.18. The minimum atomic E-state index is -0.381. The third-order valence-electron chi connectivity index (χ3n) is 3.92. The van der Waals surface area contributed by atoms with Crippen LogP contribution in [0.15, 0.2) is 47.5 Å². The molecular formula is C20H16N2O4S. The maximum atomic E-state index is 12.3. The Balaban J connectivity index is 1.67. The van der Waals surface area contributed by atoms with Gasteiger partial charge in [0, 0.05) is 12.1 Å². The van der Waals surface area contributed by atoms with Crippen LogP contribution in [0.1, 0.15) is 0 Å². The number of para-hydroxylation sites is 1. The summed E-state index contributed by atoms with van der Waals surface area (Å²) in [5.74, 6) is 4.21. The molecule has 0 bridgehead atoms. The summed E-state index contributed by atoms with van der Waals surface area (Å²) in [7, 11) is 0. The Morgan fingerprint density at radius 3 is 2.70 bits per heavy atom. The molecule has 1 amide bonds. The zero-order chi connectivity index (χ0) is 18.6. The number of terminal acetylenes is 1. The van der Waals surface area contributed by atoms with E-state index < -0.39 is 0 Å². The van der Waals surface area contributed by atoms with E-state index in [9.17, 15) is 4.79 Å². The van der Waals surface area contributed by atoms with Gasteiger partial charge in [0.1, 0.15) is 19.0 Å². The van der Waals surface area contributed by atoms with E-state index in [2.05, 4.69) is 10.9 Å². The van der Waals surface area contributed by atoms with Crippen LogP contribution in [0.25, 0.3) is 10.2 Å². The van der Waals surface area contributed by atoms with E-state index in [-0.39, 0.29) is 12.5 Å². The van der Waals surface area contributed by atoms with E-state index >= 15 is 0 Å². The van der Waals surface area contributed by atoms with Crippen LogP contribution in [0.4, 0.5) is 0 Å². The van der Waals surface area contributed by atoms with Crippen LogP contribution in [0.2, 0.25) is 0 Å². The molecule has 1 aromatic heterocycles. The van der Waals surface area contributed by atoms with Gasteiger partial charge in [-0.1, -0.05) is 35.5 Å². The summed E-state index contributed by atoms with van der Waals surface area (Å²) in [5, 5.41) is 0. The van der Waals surface area contributed by atoms with Crippen molar-refractivity contribution in [3.63, 3.8) is 0 Å². The minimum absolute atomic E-state index is 0.142. The molecule has 2 heterocycles. The van der Waals surface area contributed by atoms with E-state index in [0.29, 0.717) is 41.8 Å². The van der Waals surface area contributed by atoms with Gasteiger partial charge < -0.3 is 18.8 Å². The molecule has 0 N–H and O–H groups in total. The quantitative estimate of drug-likeness (QED) is 0.653. The van der Waals surface area contributed by atoms with Gasteiger partial charge in [-0.15, -0.1) is 6.42 Å². The molecule has 0 spiro atoms. The van der Waals surface area contributed by atoms with Crippen molar-refractivity contribution < 1.29 is 19.0 Å². The molecule has 0 atom stereocenters. The maximum Gasteiger partial charge on any atom is 0.286 e. The second-order valence-electron chi connectivity index (χ2n) is 5.75. The normalized spacial score (nSPS) is 13.4. The molecule has 0 saturated heterocycles. The highest BCUT2D eigenvalue weighted by atomic mass is 32.1. The largest absolute Gasteiger partial charge is 0.486 e. The topological polar surface area (TPSA) is 62.1 Å². The highest BCUT2D eigenvalue weighted by molar-refractivity contribution is 7.16. The Morgan fingerprint density at radius 1 is 1.22 bits per heavy atom. The molecule has 4 rings (SSSR count). The summed E-state index contributed by atoms with van der Waals surface area (Å²) in [6, 6.07) is 12.9. The second kappa shape index (κ2) is 7.56. The van der Waals surface area contributed by atoms with Gasteiger partial charge >= 0.3 is 0 Å². The number of ether oxygens (including phenoxy) is 3. The van der Waals surface area contributed by atoms with Gasteiger partial charge in [0.15, 0.2) is 22.9 Å². The lowest BCUT2D eigenvalue weighted by atomic mass is 10.2. The maximum absolute atomic E-state index is 12.3. The van der Waals surface area contributed by atoms with Gasteiger partial charge in [0.2, 0.25) is 0 Å². The van der Waals surface area contributed by atoms with Crippen LogP contribution in [0.5, 0.6) is 17.2 Å². The van der Waals surface area contributed by atoms with Crippen molar-refractivity contribution in [2.75, 3.05) is 19.8 Å². The fourth-order valence-electron chi connectivity index (χ4n) is 2.74. The van der Waals surface area contributed by atoms with Crippen LogP contribution < -0.4 is 19.0 Å². The van der Waals surface area contributed by atoms with Crippen LogP contribution in [0.3, 0.4) is 0 Å². The van der Waals surface area contributed by atoms with E-state index in [1.54, 1.807) is 12.1 Å². The highest BCUT2D eigenvalue weighted by Gasteiger charge is 2.16. The number of hydrogen-bond acceptors (Lipinski definition) is 5. The van der Waals surface area contributed by atoms with Gasteiger partial charge in [-0.05, 0) is 12.1 Å². The average molecular weight is 380 g/mol. The number of nitrogens with zero attached hydrogens (tertiary/aromatic N) is 2. The van der Waals surface area contributed by atoms with Crippen LogP contribution in [0, 0.1) is 12.3 Å². The molecule has 1 aliphatic rings. The summed E-state index contributed by atoms with van der Waals surface area (Å²) in [6.45, 7) is 1.17. The third-order valence-corrected chi connectivity index (χ3v) is 4.96. The monoisotopic (exact) mass is 380 g/mol. The van der Waals surface area contributed by atoms with Crippen molar-refractivity contribution in [2.24, 2.45) is 4.99 Å². The number of carbonyl (C=O) groups excluding carboxylic acids is 1. The van der Waals surface area contributed by atoms with Crippen molar-refractivity contribution in [2.45, 2.75) is 6.54 Å².